The predicted molar refractivity (Wildman–Crippen MR) is 129 cm³/mol. The maximum Gasteiger partial charge on any atom is 0.309 e. The van der Waals surface area contributed by atoms with Crippen molar-refractivity contribution in [2.24, 2.45) is 0 Å². The van der Waals surface area contributed by atoms with Crippen LogP contribution >= 0.6 is 0 Å². The van der Waals surface area contributed by atoms with E-state index in [1.807, 2.05) is 24.3 Å². The minimum Gasteiger partial charge on any atom is -0.497 e. The lowest BCUT2D eigenvalue weighted by atomic mass is 10.1. The summed E-state index contributed by atoms with van der Waals surface area (Å²) < 4.78 is 24.1. The Morgan fingerprint density at radius 3 is 2.43 bits per heavy atom. The van der Waals surface area contributed by atoms with Crippen LogP contribution in [-0.4, -0.2) is 56.5 Å². The quantitative estimate of drug-likeness (QED) is 0.482. The van der Waals surface area contributed by atoms with Gasteiger partial charge < -0.3 is 24.7 Å². The summed E-state index contributed by atoms with van der Waals surface area (Å²) in [7, 11) is 1.57. The van der Waals surface area contributed by atoms with Crippen LogP contribution in [0.3, 0.4) is 0 Å². The first-order valence-corrected chi connectivity index (χ1v) is 11.5. The van der Waals surface area contributed by atoms with Crippen molar-refractivity contribution in [3.8, 4) is 5.75 Å². The molecule has 0 radical (unpaired) electrons. The highest BCUT2D eigenvalue weighted by Crippen LogP contribution is 2.24. The molecule has 8 nitrogen and oxygen atoms in total. The molecule has 1 fully saturated rings. The van der Waals surface area contributed by atoms with Gasteiger partial charge in [-0.15, -0.1) is 0 Å². The first-order chi connectivity index (χ1) is 17.0. The Morgan fingerprint density at radius 2 is 1.74 bits per heavy atom. The van der Waals surface area contributed by atoms with Crippen molar-refractivity contribution in [3.63, 3.8) is 0 Å². The summed E-state index contributed by atoms with van der Waals surface area (Å²) in [5.74, 6) is -0.255. The molecule has 2 aromatic carbocycles. The third-order valence-electron chi connectivity index (χ3n) is 6.07. The molecule has 184 valence electrons. The number of hydrogen-bond donors (Lipinski definition) is 2. The van der Waals surface area contributed by atoms with Crippen LogP contribution < -0.4 is 20.3 Å². The number of hydrogen-bond acceptors (Lipinski definition) is 6. The van der Waals surface area contributed by atoms with Gasteiger partial charge in [-0.3, -0.25) is 14.5 Å². The van der Waals surface area contributed by atoms with E-state index in [1.54, 1.807) is 37.6 Å². The van der Waals surface area contributed by atoms with E-state index in [2.05, 4.69) is 20.4 Å². The number of rotatable bonds is 8. The van der Waals surface area contributed by atoms with Gasteiger partial charge in [0.15, 0.2) is 0 Å². The van der Waals surface area contributed by atoms with Gasteiger partial charge in [0.05, 0.1) is 19.4 Å². The molecule has 0 saturated carbocycles. The molecule has 1 atom stereocenters. The molecule has 1 saturated heterocycles. The van der Waals surface area contributed by atoms with Gasteiger partial charge in [0.25, 0.3) is 0 Å². The van der Waals surface area contributed by atoms with Crippen LogP contribution in [0.5, 0.6) is 5.75 Å². The van der Waals surface area contributed by atoms with Gasteiger partial charge in [-0.2, -0.15) is 0 Å². The van der Waals surface area contributed by atoms with E-state index in [0.29, 0.717) is 5.75 Å². The number of benzene rings is 2. The highest BCUT2D eigenvalue weighted by Gasteiger charge is 2.28. The number of furan rings is 1. The van der Waals surface area contributed by atoms with E-state index < -0.39 is 11.8 Å². The smallest absolute Gasteiger partial charge is 0.309 e. The highest BCUT2D eigenvalue weighted by molar-refractivity contribution is 6.35. The number of piperazine rings is 1. The third kappa shape index (κ3) is 6.39. The minimum absolute atomic E-state index is 0.212. The molecular formula is C26H29FN4O4. The Kier molecular flexibility index (Phi) is 7.99. The average Bonchev–Trinajstić information content (AvgIpc) is 3.43. The van der Waals surface area contributed by atoms with Gasteiger partial charge in [0.2, 0.25) is 0 Å². The molecule has 0 bridgehead atoms. The first-order valence-electron chi connectivity index (χ1n) is 11.5. The van der Waals surface area contributed by atoms with Crippen molar-refractivity contribution in [3.05, 3.63) is 84.1 Å². The number of nitrogens with one attached hydrogen (secondary N) is 2. The largest absolute Gasteiger partial charge is 0.497 e. The molecule has 4 rings (SSSR count). The van der Waals surface area contributed by atoms with Crippen molar-refractivity contribution in [1.29, 1.82) is 0 Å². The highest BCUT2D eigenvalue weighted by atomic mass is 19.1. The Labute approximate surface area is 203 Å². The molecule has 3 aromatic rings. The molecule has 0 unspecified atom stereocenters. The predicted octanol–water partition coefficient (Wildman–Crippen LogP) is 2.72. The van der Waals surface area contributed by atoms with Crippen molar-refractivity contribution in [2.45, 2.75) is 12.6 Å². The van der Waals surface area contributed by atoms with Crippen molar-refractivity contribution >= 4 is 17.5 Å². The molecule has 0 aliphatic carbocycles. The third-order valence-corrected chi connectivity index (χ3v) is 6.07. The van der Waals surface area contributed by atoms with Crippen LogP contribution in [0, 0.1) is 5.82 Å². The SMILES string of the molecule is COc1cccc(CNC(=O)C(=O)NC[C@H](c2ccco2)N2CCN(c3ccc(F)cc3)CC2)c1. The summed E-state index contributed by atoms with van der Waals surface area (Å²) in [5, 5.41) is 5.38. The van der Waals surface area contributed by atoms with Crippen LogP contribution in [-0.2, 0) is 16.1 Å². The lowest BCUT2D eigenvalue weighted by Gasteiger charge is -2.39. The summed E-state index contributed by atoms with van der Waals surface area (Å²) in [5.41, 5.74) is 1.81. The van der Waals surface area contributed by atoms with Gasteiger partial charge in [-0.25, -0.2) is 4.39 Å². The first kappa shape index (κ1) is 24.3. The lowest BCUT2D eigenvalue weighted by molar-refractivity contribution is -0.139. The molecule has 2 N–H and O–H groups in total. The fraction of sp³-hybridized carbons (Fsp3) is 0.308. The van der Waals surface area contributed by atoms with E-state index in [4.69, 9.17) is 9.15 Å². The van der Waals surface area contributed by atoms with Crippen molar-refractivity contribution < 1.29 is 23.1 Å². The molecule has 1 aliphatic rings. The number of methoxy groups -OCH3 is 1. The summed E-state index contributed by atoms with van der Waals surface area (Å²) in [4.78, 5) is 29.2. The molecule has 0 spiro atoms. The normalized spacial score (nSPS) is 14.9. The summed E-state index contributed by atoms with van der Waals surface area (Å²) in [6.45, 7) is 3.39. The summed E-state index contributed by atoms with van der Waals surface area (Å²) >= 11 is 0. The zero-order valence-corrected chi connectivity index (χ0v) is 19.6. The number of carbonyl (C=O) groups is 2. The standard InChI is InChI=1S/C26H29FN4O4/c1-34-22-5-2-4-19(16-22)17-28-25(32)26(33)29-18-23(24-6-3-15-35-24)31-13-11-30(12-14-31)21-9-7-20(27)8-10-21/h2-10,15-16,23H,11-14,17-18H2,1H3,(H,28,32)(H,29,33)/t23-/m1/s1. The van der Waals surface area contributed by atoms with E-state index in [1.165, 1.54) is 12.1 Å². The van der Waals surface area contributed by atoms with Crippen LogP contribution in [0.1, 0.15) is 17.4 Å². The average molecular weight is 481 g/mol. The van der Waals surface area contributed by atoms with Gasteiger partial charge in [-0.05, 0) is 54.1 Å². The maximum absolute atomic E-state index is 13.2. The van der Waals surface area contributed by atoms with E-state index in [-0.39, 0.29) is 24.9 Å². The molecule has 1 aromatic heterocycles. The van der Waals surface area contributed by atoms with Crippen molar-refractivity contribution in [2.75, 3.05) is 44.7 Å². The zero-order chi connectivity index (χ0) is 24.6. The molecule has 2 heterocycles. The van der Waals surface area contributed by atoms with E-state index in [9.17, 15) is 14.0 Å². The number of amides is 2. The molecule has 2 amide bonds. The Hall–Kier alpha value is -3.85. The van der Waals surface area contributed by atoms with Crippen LogP contribution in [0.4, 0.5) is 10.1 Å². The van der Waals surface area contributed by atoms with Gasteiger partial charge >= 0.3 is 11.8 Å². The van der Waals surface area contributed by atoms with Gasteiger partial charge in [0.1, 0.15) is 17.3 Å². The lowest BCUT2D eigenvalue weighted by Crippen LogP contribution is -2.50. The number of ether oxygens (including phenoxy) is 1. The molecule has 1 aliphatic heterocycles. The van der Waals surface area contributed by atoms with Crippen LogP contribution in [0.2, 0.25) is 0 Å². The number of anilines is 1. The van der Waals surface area contributed by atoms with Crippen LogP contribution in [0.15, 0.2) is 71.3 Å². The second kappa shape index (κ2) is 11.5. The van der Waals surface area contributed by atoms with Crippen LogP contribution in [0.25, 0.3) is 0 Å². The Balaban J connectivity index is 1.31. The summed E-state index contributed by atoms with van der Waals surface area (Å²) in [6, 6.07) is 17.2. The fourth-order valence-corrected chi connectivity index (χ4v) is 4.15. The van der Waals surface area contributed by atoms with E-state index in [0.717, 1.165) is 43.2 Å². The minimum atomic E-state index is -0.702. The Morgan fingerprint density at radius 1 is 1.00 bits per heavy atom. The number of carbonyl (C=O) groups excluding carboxylic acids is 2. The second-order valence-corrected chi connectivity index (χ2v) is 8.27. The van der Waals surface area contributed by atoms with Gasteiger partial charge in [0, 0.05) is 45.0 Å². The zero-order valence-electron chi connectivity index (χ0n) is 19.6. The molecular weight excluding hydrogens is 451 g/mol. The summed E-state index contributed by atoms with van der Waals surface area (Å²) in [6.07, 6.45) is 1.60. The number of nitrogens with zero attached hydrogens (tertiary/aromatic N) is 2. The fourth-order valence-electron chi connectivity index (χ4n) is 4.15. The van der Waals surface area contributed by atoms with E-state index >= 15 is 0 Å². The monoisotopic (exact) mass is 480 g/mol. The molecule has 9 heteroatoms. The topological polar surface area (TPSA) is 87.0 Å². The molecule has 35 heavy (non-hydrogen) atoms. The van der Waals surface area contributed by atoms with Gasteiger partial charge in [-0.1, -0.05) is 12.1 Å². The van der Waals surface area contributed by atoms with Crippen molar-refractivity contribution in [1.82, 2.24) is 15.5 Å². The maximum atomic E-state index is 13.2. The second-order valence-electron chi connectivity index (χ2n) is 8.27. The number of halogens is 1. The Bertz CT molecular complexity index is 1110.